The lowest BCUT2D eigenvalue weighted by atomic mass is 10.0. The monoisotopic (exact) mass is 308 g/mol. The van der Waals surface area contributed by atoms with Crippen LogP contribution in [0.15, 0.2) is 30.8 Å². The van der Waals surface area contributed by atoms with Crippen molar-refractivity contribution in [2.75, 3.05) is 6.26 Å². The number of unbranched alkanes of at least 4 members (excludes halogenated alkanes) is 5. The number of hydrogen-bond donors (Lipinski definition) is 1. The first-order valence-electron chi connectivity index (χ1n) is 8.35. The number of hydrogen-bond acceptors (Lipinski definition) is 1. The minimum absolute atomic E-state index is 1.09. The molecule has 0 atom stereocenters. The van der Waals surface area contributed by atoms with Crippen LogP contribution in [-0.4, -0.2) is 6.26 Å². The molecule has 0 aliphatic rings. The number of benzene rings is 1. The first kappa shape index (κ1) is 22.6. The quantitative estimate of drug-likeness (QED) is 0.400. The Bertz CT molecular complexity index is 335. The summed E-state index contributed by atoms with van der Waals surface area (Å²) >= 11 is 3.53. The van der Waals surface area contributed by atoms with Crippen LogP contribution in [-0.2, 0) is 6.42 Å². The summed E-state index contributed by atoms with van der Waals surface area (Å²) in [6, 6.07) is 8.42. The molecule has 1 heteroatoms. The molecule has 0 fully saturated rings. The Hall–Kier alpha value is -0.690. The molecule has 1 aromatic carbocycles. The lowest BCUT2D eigenvalue weighted by molar-refractivity contribution is 0.624. The smallest absolute Gasteiger partial charge is 0.0201 e. The van der Waals surface area contributed by atoms with Crippen LogP contribution in [0.4, 0.5) is 0 Å². The largest absolute Gasteiger partial charge is 0.183 e. The average molecular weight is 309 g/mol. The van der Waals surface area contributed by atoms with Crippen molar-refractivity contribution in [3.05, 3.63) is 42.0 Å². The van der Waals surface area contributed by atoms with Gasteiger partial charge in [0.2, 0.25) is 0 Å². The predicted octanol–water partition coefficient (Wildman–Crippen LogP) is 7.19. The molecule has 0 spiro atoms. The van der Waals surface area contributed by atoms with Crippen LogP contribution in [0.1, 0.15) is 77.3 Å². The summed E-state index contributed by atoms with van der Waals surface area (Å²) in [5.41, 5.74) is 3.84. The Balaban J connectivity index is 0. The van der Waals surface area contributed by atoms with E-state index in [-0.39, 0.29) is 0 Å². The Kier molecular flexibility index (Phi) is 18.7. The maximum absolute atomic E-state index is 3.93. The van der Waals surface area contributed by atoms with E-state index in [0.29, 0.717) is 0 Å². The molecule has 21 heavy (non-hydrogen) atoms. The Morgan fingerprint density at radius 2 is 1.38 bits per heavy atom. The lowest BCUT2D eigenvalue weighted by Crippen LogP contribution is -1.87. The maximum Gasteiger partial charge on any atom is -0.0201 e. The summed E-state index contributed by atoms with van der Waals surface area (Å²) < 4.78 is 0. The zero-order valence-corrected chi connectivity index (χ0v) is 15.8. The van der Waals surface area contributed by atoms with Gasteiger partial charge < -0.3 is 0 Å². The molecule has 0 saturated heterocycles. The first-order valence-corrected chi connectivity index (χ1v) is 9.25. The lowest BCUT2D eigenvalue weighted by Gasteiger charge is -2.05. The molecular weight excluding hydrogens is 272 g/mol. The van der Waals surface area contributed by atoms with Gasteiger partial charge >= 0.3 is 0 Å². The second-order valence-corrected chi connectivity index (χ2v) is 5.21. The highest BCUT2D eigenvalue weighted by atomic mass is 32.1. The number of rotatable bonds is 7. The van der Waals surface area contributed by atoms with Gasteiger partial charge in [0, 0.05) is 0 Å². The van der Waals surface area contributed by atoms with Crippen molar-refractivity contribution < 1.29 is 0 Å². The van der Waals surface area contributed by atoms with E-state index >= 15 is 0 Å². The molecule has 0 aliphatic carbocycles. The number of aryl methyl sites for hydroxylation is 1. The highest BCUT2D eigenvalue weighted by molar-refractivity contribution is 7.79. The fourth-order valence-corrected chi connectivity index (χ4v) is 2.10. The third-order valence-electron chi connectivity index (χ3n) is 3.32. The van der Waals surface area contributed by atoms with E-state index in [4.69, 9.17) is 0 Å². The Labute approximate surface area is 139 Å². The topological polar surface area (TPSA) is 0 Å². The zero-order chi connectivity index (χ0) is 16.5. The van der Waals surface area contributed by atoms with Gasteiger partial charge in [0.05, 0.1) is 0 Å². The fourth-order valence-electron chi connectivity index (χ4n) is 2.10. The van der Waals surface area contributed by atoms with E-state index in [9.17, 15) is 0 Å². The summed E-state index contributed by atoms with van der Waals surface area (Å²) in [5, 5.41) is 0. The molecule has 0 bridgehead atoms. The summed E-state index contributed by atoms with van der Waals surface area (Å²) in [5.74, 6) is 0. The highest BCUT2D eigenvalue weighted by Gasteiger charge is 1.97. The van der Waals surface area contributed by atoms with Crippen LogP contribution >= 0.6 is 12.6 Å². The molecule has 0 radical (unpaired) electrons. The van der Waals surface area contributed by atoms with Gasteiger partial charge in [-0.1, -0.05) is 95.7 Å². The average Bonchev–Trinajstić information content (AvgIpc) is 2.54. The van der Waals surface area contributed by atoms with Gasteiger partial charge in [-0.15, -0.1) is 0 Å². The summed E-state index contributed by atoms with van der Waals surface area (Å²) in [6.45, 7) is 12.7. The Morgan fingerprint density at radius 1 is 0.905 bits per heavy atom. The third kappa shape index (κ3) is 12.7. The molecule has 0 N–H and O–H groups in total. The van der Waals surface area contributed by atoms with E-state index < -0.39 is 0 Å². The molecule has 0 amide bonds. The maximum atomic E-state index is 3.93. The molecule has 122 valence electrons. The van der Waals surface area contributed by atoms with Crippen LogP contribution in [0, 0.1) is 0 Å². The number of thiol groups is 1. The molecule has 0 nitrogen and oxygen atoms in total. The molecular formula is C20H36S. The predicted molar refractivity (Wildman–Crippen MR) is 104 cm³/mol. The van der Waals surface area contributed by atoms with E-state index in [1.165, 1.54) is 49.7 Å². The molecule has 0 heterocycles. The van der Waals surface area contributed by atoms with E-state index in [2.05, 4.69) is 71.2 Å². The SMILES string of the molecule is C=C(C)c1ccccc1CC.CCCCCCCC.CS. The second kappa shape index (κ2) is 17.4. The van der Waals surface area contributed by atoms with E-state index in [1.54, 1.807) is 6.26 Å². The Morgan fingerprint density at radius 3 is 1.71 bits per heavy atom. The summed E-state index contributed by atoms with van der Waals surface area (Å²) in [6.07, 6.45) is 11.3. The minimum atomic E-state index is 1.09. The van der Waals surface area contributed by atoms with Gasteiger partial charge in [0.25, 0.3) is 0 Å². The zero-order valence-electron chi connectivity index (χ0n) is 14.9. The van der Waals surface area contributed by atoms with Gasteiger partial charge in [-0.3, -0.25) is 0 Å². The van der Waals surface area contributed by atoms with Crippen molar-refractivity contribution in [3.63, 3.8) is 0 Å². The minimum Gasteiger partial charge on any atom is -0.183 e. The van der Waals surface area contributed by atoms with Crippen LogP contribution in [0.25, 0.3) is 5.57 Å². The van der Waals surface area contributed by atoms with Gasteiger partial charge in [0.15, 0.2) is 0 Å². The van der Waals surface area contributed by atoms with Crippen LogP contribution in [0.5, 0.6) is 0 Å². The van der Waals surface area contributed by atoms with Crippen LogP contribution in [0.2, 0.25) is 0 Å². The first-order chi connectivity index (χ1) is 10.2. The van der Waals surface area contributed by atoms with Crippen molar-refractivity contribution in [3.8, 4) is 0 Å². The second-order valence-electron chi connectivity index (χ2n) is 5.21. The highest BCUT2D eigenvalue weighted by Crippen LogP contribution is 2.16. The normalized spacial score (nSPS) is 9.05. The van der Waals surface area contributed by atoms with Crippen LogP contribution in [0.3, 0.4) is 0 Å². The molecule has 0 saturated carbocycles. The van der Waals surface area contributed by atoms with Gasteiger partial charge in [0.1, 0.15) is 0 Å². The van der Waals surface area contributed by atoms with Crippen molar-refractivity contribution in [1.82, 2.24) is 0 Å². The summed E-state index contributed by atoms with van der Waals surface area (Å²) in [4.78, 5) is 0. The molecule has 0 unspecified atom stereocenters. The van der Waals surface area contributed by atoms with E-state index in [0.717, 1.165) is 12.0 Å². The van der Waals surface area contributed by atoms with Gasteiger partial charge in [-0.25, -0.2) is 0 Å². The third-order valence-corrected chi connectivity index (χ3v) is 3.32. The van der Waals surface area contributed by atoms with Crippen LogP contribution < -0.4 is 0 Å². The van der Waals surface area contributed by atoms with Gasteiger partial charge in [-0.05, 0) is 30.7 Å². The van der Waals surface area contributed by atoms with Crippen molar-refractivity contribution >= 4 is 18.2 Å². The van der Waals surface area contributed by atoms with E-state index in [1.807, 2.05) is 0 Å². The standard InChI is InChI=1S/C11H14.C8H18.CH4S/c1-4-10-7-5-6-8-11(10)9(2)3;1-3-5-7-8-6-4-2;1-2/h5-8H,2,4H2,1,3H3;3-8H2,1-2H3;2H,1H3. The van der Waals surface area contributed by atoms with Crippen molar-refractivity contribution in [1.29, 1.82) is 0 Å². The fraction of sp³-hybridized carbons (Fsp3) is 0.600. The molecule has 0 aliphatic heterocycles. The van der Waals surface area contributed by atoms with Crippen molar-refractivity contribution in [2.45, 2.75) is 72.6 Å². The van der Waals surface area contributed by atoms with Gasteiger partial charge in [-0.2, -0.15) is 12.6 Å². The number of allylic oxidation sites excluding steroid dienone is 1. The van der Waals surface area contributed by atoms with Crippen molar-refractivity contribution in [2.24, 2.45) is 0 Å². The molecule has 0 aromatic heterocycles. The molecule has 1 rings (SSSR count). The molecule has 1 aromatic rings. The summed E-state index contributed by atoms with van der Waals surface area (Å²) in [7, 11) is 0.